The van der Waals surface area contributed by atoms with Crippen molar-refractivity contribution in [1.82, 2.24) is 20.5 Å². The molecule has 3 amide bonds. The number of thiazole rings is 1. The van der Waals surface area contributed by atoms with Gasteiger partial charge in [0.2, 0.25) is 5.91 Å². The van der Waals surface area contributed by atoms with Gasteiger partial charge in [0.1, 0.15) is 0 Å². The van der Waals surface area contributed by atoms with Crippen LogP contribution in [0.3, 0.4) is 0 Å². The number of benzene rings is 1. The highest BCUT2D eigenvalue weighted by Gasteiger charge is 2.25. The van der Waals surface area contributed by atoms with Crippen LogP contribution in [0.5, 0.6) is 0 Å². The Balaban J connectivity index is 1.55. The standard InChI is InChI=1S/C18H24N4O2S/c1-2-9-19-18(24)21-16(23)12-22-10-5-6-13(11-22)17-20-14-7-3-4-8-15(14)25-17/h3-4,7-8,13H,2,5-6,9-12H2,1H3,(H2,19,21,23,24)/t13-/m1/s1. The van der Waals surface area contributed by atoms with Crippen LogP contribution >= 0.6 is 11.3 Å². The maximum absolute atomic E-state index is 12.0. The number of urea groups is 1. The summed E-state index contributed by atoms with van der Waals surface area (Å²) in [5.74, 6) is 0.103. The SMILES string of the molecule is CCCNC(=O)NC(=O)CN1CCC[C@@H](c2nc3ccccc3s2)C1. The van der Waals surface area contributed by atoms with Gasteiger partial charge in [-0.1, -0.05) is 19.1 Å². The van der Waals surface area contributed by atoms with Crippen LogP contribution < -0.4 is 10.6 Å². The molecule has 1 atom stereocenters. The van der Waals surface area contributed by atoms with Crippen molar-refractivity contribution < 1.29 is 9.59 Å². The second kappa shape index (κ2) is 8.40. The molecule has 1 aliphatic heterocycles. The van der Waals surface area contributed by atoms with Gasteiger partial charge in [-0.25, -0.2) is 9.78 Å². The first-order valence-corrected chi connectivity index (χ1v) is 9.63. The van der Waals surface area contributed by atoms with E-state index in [1.54, 1.807) is 11.3 Å². The molecule has 1 fully saturated rings. The molecule has 3 rings (SSSR count). The highest BCUT2D eigenvalue weighted by Crippen LogP contribution is 2.32. The molecule has 1 aliphatic rings. The molecule has 134 valence electrons. The van der Waals surface area contributed by atoms with Crippen LogP contribution in [0.4, 0.5) is 4.79 Å². The fraction of sp³-hybridized carbons (Fsp3) is 0.500. The van der Waals surface area contributed by atoms with Gasteiger partial charge in [0.15, 0.2) is 0 Å². The Hall–Kier alpha value is -1.99. The van der Waals surface area contributed by atoms with Crippen LogP contribution in [0.2, 0.25) is 0 Å². The minimum Gasteiger partial charge on any atom is -0.338 e. The molecule has 0 bridgehead atoms. The van der Waals surface area contributed by atoms with Gasteiger partial charge in [-0.15, -0.1) is 11.3 Å². The maximum Gasteiger partial charge on any atom is 0.321 e. The number of piperidine rings is 1. The number of carbonyl (C=O) groups is 2. The molecular formula is C18H24N4O2S. The largest absolute Gasteiger partial charge is 0.338 e. The number of nitrogens with one attached hydrogen (secondary N) is 2. The lowest BCUT2D eigenvalue weighted by atomic mass is 9.99. The molecule has 0 saturated carbocycles. The van der Waals surface area contributed by atoms with E-state index in [9.17, 15) is 9.59 Å². The van der Waals surface area contributed by atoms with Gasteiger partial charge >= 0.3 is 6.03 Å². The summed E-state index contributed by atoms with van der Waals surface area (Å²) >= 11 is 1.74. The smallest absolute Gasteiger partial charge is 0.321 e. The Bertz CT molecular complexity index is 713. The van der Waals surface area contributed by atoms with Crippen molar-refractivity contribution in [3.63, 3.8) is 0 Å². The highest BCUT2D eigenvalue weighted by molar-refractivity contribution is 7.18. The molecule has 0 unspecified atom stereocenters. The molecule has 2 aromatic rings. The molecule has 0 aliphatic carbocycles. The van der Waals surface area contributed by atoms with Crippen molar-refractivity contribution >= 4 is 33.5 Å². The van der Waals surface area contributed by atoms with E-state index < -0.39 is 6.03 Å². The fourth-order valence-electron chi connectivity index (χ4n) is 3.12. The Morgan fingerprint density at radius 2 is 2.20 bits per heavy atom. The molecule has 0 spiro atoms. The third-order valence-corrected chi connectivity index (χ3v) is 5.52. The zero-order valence-electron chi connectivity index (χ0n) is 14.5. The molecular weight excluding hydrogens is 336 g/mol. The van der Waals surface area contributed by atoms with Crippen LogP contribution in [0.15, 0.2) is 24.3 Å². The molecule has 1 aromatic carbocycles. The molecule has 2 heterocycles. The number of para-hydroxylation sites is 1. The summed E-state index contributed by atoms with van der Waals surface area (Å²) < 4.78 is 1.21. The Kier molecular flexibility index (Phi) is 5.99. The van der Waals surface area contributed by atoms with Crippen molar-refractivity contribution in [2.45, 2.75) is 32.1 Å². The van der Waals surface area contributed by atoms with Crippen LogP contribution in [-0.4, -0.2) is 48.0 Å². The van der Waals surface area contributed by atoms with Gasteiger partial charge < -0.3 is 5.32 Å². The predicted molar refractivity (Wildman–Crippen MR) is 99.9 cm³/mol. The molecule has 1 saturated heterocycles. The number of fused-ring (bicyclic) bond motifs is 1. The number of hydrogen-bond acceptors (Lipinski definition) is 5. The van der Waals surface area contributed by atoms with E-state index in [4.69, 9.17) is 4.98 Å². The topological polar surface area (TPSA) is 74.3 Å². The lowest BCUT2D eigenvalue weighted by Gasteiger charge is -2.31. The molecule has 25 heavy (non-hydrogen) atoms. The fourth-order valence-corrected chi connectivity index (χ4v) is 4.21. The second-order valence-electron chi connectivity index (χ2n) is 6.40. The first kappa shape index (κ1) is 17.8. The van der Waals surface area contributed by atoms with Crippen molar-refractivity contribution in [3.05, 3.63) is 29.3 Å². The first-order chi connectivity index (χ1) is 12.2. The molecule has 2 N–H and O–H groups in total. The number of imide groups is 1. The van der Waals surface area contributed by atoms with Gasteiger partial charge in [-0.2, -0.15) is 0 Å². The van der Waals surface area contributed by atoms with Crippen LogP contribution in [0, 0.1) is 0 Å². The third-order valence-electron chi connectivity index (χ3n) is 4.32. The van der Waals surface area contributed by atoms with Gasteiger partial charge in [-0.3, -0.25) is 15.0 Å². The molecule has 6 nitrogen and oxygen atoms in total. The quantitative estimate of drug-likeness (QED) is 0.860. The average Bonchev–Trinajstić information content (AvgIpc) is 3.04. The summed E-state index contributed by atoms with van der Waals surface area (Å²) in [6.07, 6.45) is 2.97. The minimum absolute atomic E-state index is 0.251. The van der Waals surface area contributed by atoms with Crippen LogP contribution in [-0.2, 0) is 4.79 Å². The Labute approximate surface area is 151 Å². The normalized spacial score (nSPS) is 18.2. The summed E-state index contributed by atoms with van der Waals surface area (Å²) in [6, 6.07) is 7.77. The summed E-state index contributed by atoms with van der Waals surface area (Å²) in [5.41, 5.74) is 1.05. The van der Waals surface area contributed by atoms with Gasteiger partial charge in [0.05, 0.1) is 21.8 Å². The van der Waals surface area contributed by atoms with E-state index in [2.05, 4.69) is 21.6 Å². The number of hydrogen-bond donors (Lipinski definition) is 2. The highest BCUT2D eigenvalue weighted by atomic mass is 32.1. The number of likely N-dealkylation sites (tertiary alicyclic amines) is 1. The van der Waals surface area contributed by atoms with Crippen molar-refractivity contribution in [3.8, 4) is 0 Å². The Morgan fingerprint density at radius 3 is 3.00 bits per heavy atom. The van der Waals surface area contributed by atoms with E-state index in [1.807, 2.05) is 25.1 Å². The van der Waals surface area contributed by atoms with Crippen molar-refractivity contribution in [1.29, 1.82) is 0 Å². The number of amides is 3. The zero-order chi connectivity index (χ0) is 17.6. The monoisotopic (exact) mass is 360 g/mol. The minimum atomic E-state index is -0.411. The van der Waals surface area contributed by atoms with E-state index >= 15 is 0 Å². The average molecular weight is 360 g/mol. The van der Waals surface area contributed by atoms with Crippen molar-refractivity contribution in [2.24, 2.45) is 0 Å². The van der Waals surface area contributed by atoms with E-state index in [-0.39, 0.29) is 12.5 Å². The summed E-state index contributed by atoms with van der Waals surface area (Å²) in [7, 11) is 0. The molecule has 1 aromatic heterocycles. The molecule has 0 radical (unpaired) electrons. The van der Waals surface area contributed by atoms with Gasteiger partial charge in [-0.05, 0) is 37.9 Å². The summed E-state index contributed by atoms with van der Waals surface area (Å²) in [4.78, 5) is 30.5. The van der Waals surface area contributed by atoms with E-state index in [0.29, 0.717) is 12.5 Å². The number of carbonyl (C=O) groups excluding carboxylic acids is 2. The predicted octanol–water partition coefficient (Wildman–Crippen LogP) is 2.71. The number of aromatic nitrogens is 1. The lowest BCUT2D eigenvalue weighted by molar-refractivity contribution is -0.121. The van der Waals surface area contributed by atoms with Gasteiger partial charge in [0.25, 0.3) is 0 Å². The Morgan fingerprint density at radius 1 is 1.36 bits per heavy atom. The van der Waals surface area contributed by atoms with E-state index in [0.717, 1.165) is 42.9 Å². The van der Waals surface area contributed by atoms with E-state index in [1.165, 1.54) is 4.70 Å². The first-order valence-electron chi connectivity index (χ1n) is 8.81. The number of rotatable bonds is 5. The molecule has 7 heteroatoms. The second-order valence-corrected chi connectivity index (χ2v) is 7.46. The maximum atomic E-state index is 12.0. The summed E-state index contributed by atoms with van der Waals surface area (Å²) in [5, 5.41) is 6.19. The van der Waals surface area contributed by atoms with Gasteiger partial charge in [0, 0.05) is 19.0 Å². The third kappa shape index (κ3) is 4.76. The van der Waals surface area contributed by atoms with Crippen LogP contribution in [0.1, 0.15) is 37.1 Å². The lowest BCUT2D eigenvalue weighted by Crippen LogP contribution is -2.46. The van der Waals surface area contributed by atoms with Crippen LogP contribution in [0.25, 0.3) is 10.2 Å². The number of nitrogens with zero attached hydrogens (tertiary/aromatic N) is 2. The van der Waals surface area contributed by atoms with Crippen molar-refractivity contribution in [2.75, 3.05) is 26.2 Å². The zero-order valence-corrected chi connectivity index (χ0v) is 15.3. The summed E-state index contributed by atoms with van der Waals surface area (Å²) in [6.45, 7) is 4.48.